The number of likely N-dealkylation sites (tertiary alicyclic amines) is 1. The Morgan fingerprint density at radius 2 is 1.89 bits per heavy atom. The molecule has 0 atom stereocenters. The summed E-state index contributed by atoms with van der Waals surface area (Å²) in [5, 5.41) is 10.2. The van der Waals surface area contributed by atoms with Crippen LogP contribution >= 0.6 is 11.6 Å². The summed E-state index contributed by atoms with van der Waals surface area (Å²) in [7, 11) is 0. The van der Waals surface area contributed by atoms with Crippen molar-refractivity contribution in [3.05, 3.63) is 52.4 Å². The molecule has 1 aromatic carbocycles. The van der Waals surface area contributed by atoms with Crippen molar-refractivity contribution in [1.82, 2.24) is 24.5 Å². The van der Waals surface area contributed by atoms with Crippen LogP contribution in [0.2, 0.25) is 5.02 Å². The van der Waals surface area contributed by atoms with E-state index >= 15 is 0 Å². The predicted molar refractivity (Wildman–Crippen MR) is 142 cm³/mol. The van der Waals surface area contributed by atoms with Crippen molar-refractivity contribution in [3.8, 4) is 11.3 Å². The molecule has 6 nitrogen and oxygen atoms in total. The van der Waals surface area contributed by atoms with Crippen molar-refractivity contribution in [1.29, 1.82) is 0 Å². The number of rotatable bonds is 4. The van der Waals surface area contributed by atoms with E-state index in [1.165, 1.54) is 60.8 Å². The third-order valence-electron chi connectivity index (χ3n) is 8.19. The average molecular weight is 492 g/mol. The average Bonchev–Trinajstić information content (AvgIpc) is 3.51. The molecule has 0 spiro atoms. The molecule has 0 aliphatic carbocycles. The molecule has 1 N–H and O–H groups in total. The lowest BCUT2D eigenvalue weighted by molar-refractivity contribution is 0.0252. The number of benzene rings is 1. The van der Waals surface area contributed by atoms with Gasteiger partial charge in [-0.05, 0) is 86.4 Å². The number of ether oxygens (including phenoxy) is 1. The van der Waals surface area contributed by atoms with E-state index in [-0.39, 0.29) is 0 Å². The first kappa shape index (κ1) is 23.0. The zero-order chi connectivity index (χ0) is 24.1. The summed E-state index contributed by atoms with van der Waals surface area (Å²) < 4.78 is 7.49. The Morgan fingerprint density at radius 1 is 1.11 bits per heavy atom. The van der Waals surface area contributed by atoms with Gasteiger partial charge in [-0.3, -0.25) is 4.40 Å². The fourth-order valence-corrected chi connectivity index (χ4v) is 6.45. The molecule has 0 radical (unpaired) electrons. The van der Waals surface area contributed by atoms with Gasteiger partial charge in [0.1, 0.15) is 6.33 Å². The van der Waals surface area contributed by atoms with Crippen molar-refractivity contribution in [3.63, 3.8) is 0 Å². The SMILES string of the molecule is Cc1c(-c2[nH]c3ccc(C4CCN(C5CCOCC5)CC4)cc3c2C(C)C)cn2cnnc2c1Cl. The molecule has 5 heterocycles. The zero-order valence-corrected chi connectivity index (χ0v) is 21.6. The molecule has 2 saturated heterocycles. The fourth-order valence-electron chi connectivity index (χ4n) is 6.21. The molecule has 0 bridgehead atoms. The summed E-state index contributed by atoms with van der Waals surface area (Å²) in [6.07, 6.45) is 8.65. The van der Waals surface area contributed by atoms with Gasteiger partial charge in [0.05, 0.1) is 10.7 Å². The minimum atomic E-state index is 0.374. The van der Waals surface area contributed by atoms with Gasteiger partial charge in [0.2, 0.25) is 0 Å². The minimum Gasteiger partial charge on any atom is -0.381 e. The molecule has 0 saturated carbocycles. The van der Waals surface area contributed by atoms with E-state index < -0.39 is 0 Å². The molecular formula is C28H34ClN5O. The second kappa shape index (κ2) is 9.23. The standard InChI is InChI=1S/C28H34ClN5O/c1-17(2)25-22-14-20(19-6-10-33(11-7-19)21-8-12-35-13-9-21)4-5-24(22)31-27(25)23-15-34-16-30-32-28(34)26(29)18(23)3/h4-5,14-17,19,21,31H,6-13H2,1-3H3. The van der Waals surface area contributed by atoms with Crippen molar-refractivity contribution in [2.24, 2.45) is 0 Å². The van der Waals surface area contributed by atoms with Gasteiger partial charge in [-0.15, -0.1) is 10.2 Å². The smallest absolute Gasteiger partial charge is 0.179 e. The van der Waals surface area contributed by atoms with Crippen molar-refractivity contribution in [2.75, 3.05) is 26.3 Å². The number of H-pyrrole nitrogens is 1. The number of fused-ring (bicyclic) bond motifs is 2. The van der Waals surface area contributed by atoms with E-state index in [4.69, 9.17) is 16.3 Å². The largest absolute Gasteiger partial charge is 0.381 e. The number of hydrogen-bond acceptors (Lipinski definition) is 4. The molecular weight excluding hydrogens is 458 g/mol. The minimum absolute atomic E-state index is 0.374. The predicted octanol–water partition coefficient (Wildman–Crippen LogP) is 6.32. The summed E-state index contributed by atoms with van der Waals surface area (Å²) >= 11 is 6.70. The van der Waals surface area contributed by atoms with Crippen LogP contribution in [0.3, 0.4) is 0 Å². The number of pyridine rings is 1. The van der Waals surface area contributed by atoms with Gasteiger partial charge in [-0.2, -0.15) is 0 Å². The maximum atomic E-state index is 6.70. The Labute approximate surface area is 211 Å². The summed E-state index contributed by atoms with van der Waals surface area (Å²) in [6.45, 7) is 10.9. The van der Waals surface area contributed by atoms with Gasteiger partial charge in [-0.25, -0.2) is 0 Å². The van der Waals surface area contributed by atoms with E-state index in [0.29, 0.717) is 28.5 Å². The lowest BCUT2D eigenvalue weighted by Gasteiger charge is -2.39. The first-order chi connectivity index (χ1) is 17.0. The number of halogens is 1. The highest BCUT2D eigenvalue weighted by atomic mass is 35.5. The lowest BCUT2D eigenvalue weighted by atomic mass is 9.86. The number of aromatic nitrogens is 4. The van der Waals surface area contributed by atoms with Crippen LogP contribution in [0.25, 0.3) is 27.8 Å². The highest BCUT2D eigenvalue weighted by Gasteiger charge is 2.28. The number of hydrogen-bond donors (Lipinski definition) is 1. The second-order valence-electron chi connectivity index (χ2n) is 10.6. The quantitative estimate of drug-likeness (QED) is 0.363. The number of aromatic amines is 1. The molecule has 2 aliphatic heterocycles. The van der Waals surface area contributed by atoms with Gasteiger partial charge in [-0.1, -0.05) is 31.5 Å². The third kappa shape index (κ3) is 4.05. The van der Waals surface area contributed by atoms with Crippen LogP contribution in [0.5, 0.6) is 0 Å². The van der Waals surface area contributed by atoms with Crippen LogP contribution in [0.4, 0.5) is 0 Å². The molecule has 4 aromatic rings. The monoisotopic (exact) mass is 491 g/mol. The van der Waals surface area contributed by atoms with E-state index in [9.17, 15) is 0 Å². The molecule has 7 heteroatoms. The fraction of sp³-hybridized carbons (Fsp3) is 0.500. The summed E-state index contributed by atoms with van der Waals surface area (Å²) in [6, 6.07) is 7.78. The Balaban J connectivity index is 1.34. The van der Waals surface area contributed by atoms with E-state index in [2.05, 4.69) is 65.2 Å². The normalized spacial score (nSPS) is 18.9. The van der Waals surface area contributed by atoms with Crippen LogP contribution in [0.1, 0.15) is 68.1 Å². The lowest BCUT2D eigenvalue weighted by Crippen LogP contribution is -2.43. The Kier molecular flexibility index (Phi) is 6.07. The molecule has 2 fully saturated rings. The highest BCUT2D eigenvalue weighted by Crippen LogP contribution is 2.41. The zero-order valence-electron chi connectivity index (χ0n) is 20.9. The highest BCUT2D eigenvalue weighted by molar-refractivity contribution is 6.34. The van der Waals surface area contributed by atoms with Gasteiger partial charge in [0, 0.05) is 41.9 Å². The van der Waals surface area contributed by atoms with Gasteiger partial charge in [0.15, 0.2) is 5.65 Å². The Hall–Kier alpha value is -2.41. The van der Waals surface area contributed by atoms with E-state index in [1.807, 2.05) is 4.40 Å². The van der Waals surface area contributed by atoms with E-state index in [1.54, 1.807) is 6.33 Å². The molecule has 0 amide bonds. The van der Waals surface area contributed by atoms with Crippen LogP contribution in [-0.2, 0) is 4.74 Å². The first-order valence-corrected chi connectivity index (χ1v) is 13.3. The topological polar surface area (TPSA) is 58.5 Å². The molecule has 184 valence electrons. The van der Waals surface area contributed by atoms with Crippen LogP contribution < -0.4 is 0 Å². The number of nitrogens with one attached hydrogen (secondary N) is 1. The van der Waals surface area contributed by atoms with Gasteiger partial charge >= 0.3 is 0 Å². The number of piperidine rings is 1. The van der Waals surface area contributed by atoms with Crippen molar-refractivity contribution < 1.29 is 4.74 Å². The Bertz CT molecular complexity index is 1360. The van der Waals surface area contributed by atoms with Crippen molar-refractivity contribution >= 4 is 28.2 Å². The van der Waals surface area contributed by atoms with Crippen LogP contribution in [0, 0.1) is 6.92 Å². The van der Waals surface area contributed by atoms with E-state index in [0.717, 1.165) is 30.0 Å². The molecule has 3 aromatic heterocycles. The molecule has 6 rings (SSSR count). The van der Waals surface area contributed by atoms with Crippen LogP contribution in [-0.4, -0.2) is 56.8 Å². The summed E-state index contributed by atoms with van der Waals surface area (Å²) in [5.41, 5.74) is 8.00. The Morgan fingerprint density at radius 3 is 2.63 bits per heavy atom. The molecule has 35 heavy (non-hydrogen) atoms. The summed E-state index contributed by atoms with van der Waals surface area (Å²) in [4.78, 5) is 6.44. The second-order valence-corrected chi connectivity index (χ2v) is 10.9. The molecule has 0 unspecified atom stereocenters. The van der Waals surface area contributed by atoms with Gasteiger partial charge < -0.3 is 14.6 Å². The van der Waals surface area contributed by atoms with Gasteiger partial charge in [0.25, 0.3) is 0 Å². The maximum absolute atomic E-state index is 6.70. The molecule has 2 aliphatic rings. The summed E-state index contributed by atoms with van der Waals surface area (Å²) in [5.74, 6) is 0.998. The maximum Gasteiger partial charge on any atom is 0.179 e. The third-order valence-corrected chi connectivity index (χ3v) is 8.64. The number of nitrogens with zero attached hydrogens (tertiary/aromatic N) is 4. The van der Waals surface area contributed by atoms with Crippen LogP contribution in [0.15, 0.2) is 30.7 Å². The first-order valence-electron chi connectivity index (χ1n) is 13.0. The van der Waals surface area contributed by atoms with Crippen molar-refractivity contribution in [2.45, 2.75) is 64.3 Å².